The van der Waals surface area contributed by atoms with Crippen LogP contribution in [0.4, 0.5) is 0 Å². The summed E-state index contributed by atoms with van der Waals surface area (Å²) in [6.07, 6.45) is 4.21. The summed E-state index contributed by atoms with van der Waals surface area (Å²) in [4.78, 5) is 29.8. The summed E-state index contributed by atoms with van der Waals surface area (Å²) in [7, 11) is 0. The highest BCUT2D eigenvalue weighted by atomic mass is 16.2. The Morgan fingerprint density at radius 1 is 1.06 bits per heavy atom. The fraction of sp³-hybridized carbons (Fsp3) is 0.414. The molecule has 0 spiro atoms. The molecular formula is C29H32N4O2. The number of aromatic amines is 1. The van der Waals surface area contributed by atoms with Gasteiger partial charge in [-0.05, 0) is 73.4 Å². The van der Waals surface area contributed by atoms with Gasteiger partial charge in [-0.1, -0.05) is 32.0 Å². The zero-order valence-electron chi connectivity index (χ0n) is 20.7. The first kappa shape index (κ1) is 22.1. The number of fused-ring (bicyclic) bond motifs is 2. The van der Waals surface area contributed by atoms with Crippen molar-refractivity contribution in [2.75, 3.05) is 13.1 Å². The molecular weight excluding hydrogens is 436 g/mol. The number of nitrogens with one attached hydrogen (secondary N) is 1. The van der Waals surface area contributed by atoms with Crippen LogP contribution in [0.2, 0.25) is 0 Å². The van der Waals surface area contributed by atoms with Crippen molar-refractivity contribution in [2.24, 2.45) is 5.41 Å². The highest BCUT2D eigenvalue weighted by Gasteiger charge is 2.35. The molecule has 1 atom stereocenters. The van der Waals surface area contributed by atoms with Crippen molar-refractivity contribution in [3.8, 4) is 11.3 Å². The van der Waals surface area contributed by atoms with Gasteiger partial charge in [0.25, 0.3) is 11.8 Å². The van der Waals surface area contributed by atoms with Gasteiger partial charge in [-0.15, -0.1) is 0 Å². The lowest BCUT2D eigenvalue weighted by molar-refractivity contribution is 0.0714. The number of carbonyl (C=O) groups excluding carboxylic acids is 2. The average molecular weight is 469 g/mol. The molecule has 180 valence electrons. The molecule has 0 saturated carbocycles. The van der Waals surface area contributed by atoms with Gasteiger partial charge in [0.05, 0.1) is 11.7 Å². The maximum absolute atomic E-state index is 13.3. The van der Waals surface area contributed by atoms with Crippen molar-refractivity contribution in [2.45, 2.75) is 59.0 Å². The van der Waals surface area contributed by atoms with E-state index in [-0.39, 0.29) is 23.3 Å². The Bertz CT molecular complexity index is 1310. The van der Waals surface area contributed by atoms with Crippen molar-refractivity contribution < 1.29 is 9.59 Å². The number of likely N-dealkylation sites (tertiary alicyclic amines) is 1. The van der Waals surface area contributed by atoms with E-state index >= 15 is 0 Å². The number of rotatable bonds is 4. The van der Waals surface area contributed by atoms with Gasteiger partial charge in [0, 0.05) is 47.6 Å². The lowest BCUT2D eigenvalue weighted by Crippen LogP contribution is -2.28. The van der Waals surface area contributed by atoms with Gasteiger partial charge in [0.15, 0.2) is 0 Å². The predicted molar refractivity (Wildman–Crippen MR) is 135 cm³/mol. The number of amides is 2. The van der Waals surface area contributed by atoms with Gasteiger partial charge >= 0.3 is 0 Å². The van der Waals surface area contributed by atoms with E-state index in [4.69, 9.17) is 0 Å². The third-order valence-electron chi connectivity index (χ3n) is 7.97. The monoisotopic (exact) mass is 468 g/mol. The second-order valence-electron chi connectivity index (χ2n) is 11.1. The van der Waals surface area contributed by atoms with Crippen LogP contribution in [0.1, 0.15) is 82.8 Å². The molecule has 2 aromatic carbocycles. The summed E-state index contributed by atoms with van der Waals surface area (Å²) in [5, 5.41) is 7.86. The summed E-state index contributed by atoms with van der Waals surface area (Å²) in [6, 6.07) is 13.8. The van der Waals surface area contributed by atoms with E-state index in [0.717, 1.165) is 72.3 Å². The molecule has 6 heteroatoms. The number of benzene rings is 2. The van der Waals surface area contributed by atoms with Gasteiger partial charge in [-0.2, -0.15) is 5.10 Å². The van der Waals surface area contributed by atoms with Crippen molar-refractivity contribution in [1.29, 1.82) is 0 Å². The van der Waals surface area contributed by atoms with Gasteiger partial charge in [-0.3, -0.25) is 14.7 Å². The van der Waals surface area contributed by atoms with E-state index in [2.05, 4.69) is 37.0 Å². The number of nitrogens with zero attached hydrogens (tertiary/aromatic N) is 3. The topological polar surface area (TPSA) is 69.3 Å². The summed E-state index contributed by atoms with van der Waals surface area (Å²) in [6.45, 7) is 8.91. The largest absolute Gasteiger partial charge is 0.339 e. The number of aromatic nitrogens is 2. The molecule has 3 heterocycles. The first-order valence-corrected chi connectivity index (χ1v) is 12.7. The average Bonchev–Trinajstić information content (AvgIpc) is 3.62. The smallest absolute Gasteiger partial charge is 0.255 e. The van der Waals surface area contributed by atoms with Crippen molar-refractivity contribution in [3.05, 3.63) is 76.0 Å². The van der Waals surface area contributed by atoms with Gasteiger partial charge in [0.2, 0.25) is 0 Å². The Hall–Kier alpha value is -3.41. The highest BCUT2D eigenvalue weighted by Crippen LogP contribution is 2.41. The third kappa shape index (κ3) is 3.76. The summed E-state index contributed by atoms with van der Waals surface area (Å²) in [5.74, 6) is 0.164. The molecule has 35 heavy (non-hydrogen) atoms. The molecule has 0 unspecified atom stereocenters. The number of hydrogen-bond acceptors (Lipinski definition) is 3. The Kier molecular flexibility index (Phi) is 5.09. The van der Waals surface area contributed by atoms with Gasteiger partial charge in [0.1, 0.15) is 0 Å². The van der Waals surface area contributed by atoms with E-state index in [1.54, 1.807) is 0 Å². The Morgan fingerprint density at radius 3 is 2.54 bits per heavy atom. The highest BCUT2D eigenvalue weighted by molar-refractivity contribution is 5.99. The maximum atomic E-state index is 13.3. The standard InChI is InChI=1S/C29H32N4O2/c1-18(19-6-8-20(9-7-19)27(34)32-12-4-5-13-32)33-17-22-14-21(10-11-23(22)28(33)35)26-24-15-29(2,3)16-25(24)30-31-26/h6-11,14,18H,4-5,12-13,15-17H2,1-3H3,(H,30,31)/t18-/m1/s1. The molecule has 0 radical (unpaired) electrons. The SMILES string of the molecule is C[C@H](c1ccc(C(=O)N2CCCC2)cc1)N1Cc2cc(-c3n[nH]c4c3CC(C)(C)C4)ccc2C1=O. The van der Waals surface area contributed by atoms with Crippen LogP contribution in [0, 0.1) is 5.41 Å². The van der Waals surface area contributed by atoms with E-state index < -0.39 is 0 Å². The second kappa shape index (κ2) is 8.08. The molecule has 3 aromatic rings. The molecule has 0 bridgehead atoms. The Balaban J connectivity index is 1.21. The molecule has 6 nitrogen and oxygen atoms in total. The minimum absolute atomic E-state index is 0.0599. The fourth-order valence-electron chi connectivity index (χ4n) is 5.99. The zero-order valence-corrected chi connectivity index (χ0v) is 20.7. The molecule has 2 amide bonds. The van der Waals surface area contributed by atoms with Gasteiger partial charge in [-0.25, -0.2) is 0 Å². The summed E-state index contributed by atoms with van der Waals surface area (Å²) >= 11 is 0. The zero-order chi connectivity index (χ0) is 24.3. The van der Waals surface area contributed by atoms with E-state index in [1.807, 2.05) is 46.2 Å². The lowest BCUT2D eigenvalue weighted by Gasteiger charge is -2.25. The van der Waals surface area contributed by atoms with E-state index in [9.17, 15) is 9.59 Å². The molecule has 1 saturated heterocycles. The van der Waals surface area contributed by atoms with Crippen LogP contribution >= 0.6 is 0 Å². The van der Waals surface area contributed by atoms with Gasteiger partial charge < -0.3 is 9.80 Å². The lowest BCUT2D eigenvalue weighted by atomic mass is 9.90. The molecule has 6 rings (SSSR count). The molecule has 1 aliphatic carbocycles. The van der Waals surface area contributed by atoms with Crippen LogP contribution in [0.3, 0.4) is 0 Å². The number of H-pyrrole nitrogens is 1. The molecule has 1 N–H and O–H groups in total. The van der Waals surface area contributed by atoms with E-state index in [1.165, 1.54) is 11.3 Å². The first-order chi connectivity index (χ1) is 16.8. The Morgan fingerprint density at radius 2 is 1.80 bits per heavy atom. The summed E-state index contributed by atoms with van der Waals surface area (Å²) in [5.41, 5.74) is 8.48. The van der Waals surface area contributed by atoms with Crippen molar-refractivity contribution >= 4 is 11.8 Å². The fourth-order valence-corrected chi connectivity index (χ4v) is 5.99. The van der Waals surface area contributed by atoms with Crippen LogP contribution in [0.5, 0.6) is 0 Å². The van der Waals surface area contributed by atoms with E-state index in [0.29, 0.717) is 6.54 Å². The third-order valence-corrected chi connectivity index (χ3v) is 7.97. The number of hydrogen-bond donors (Lipinski definition) is 1. The normalized spacial score (nSPS) is 19.2. The predicted octanol–water partition coefficient (Wildman–Crippen LogP) is 5.15. The van der Waals surface area contributed by atoms with Crippen LogP contribution in [0.25, 0.3) is 11.3 Å². The number of carbonyl (C=O) groups is 2. The van der Waals surface area contributed by atoms with Crippen LogP contribution < -0.4 is 0 Å². The minimum Gasteiger partial charge on any atom is -0.339 e. The minimum atomic E-state index is -0.0790. The second-order valence-corrected chi connectivity index (χ2v) is 11.1. The van der Waals surface area contributed by atoms with Crippen LogP contribution in [0.15, 0.2) is 42.5 Å². The Labute approximate surface area is 206 Å². The molecule has 2 aliphatic heterocycles. The molecule has 1 fully saturated rings. The van der Waals surface area contributed by atoms with Crippen LogP contribution in [-0.2, 0) is 19.4 Å². The van der Waals surface area contributed by atoms with Crippen molar-refractivity contribution in [1.82, 2.24) is 20.0 Å². The van der Waals surface area contributed by atoms with Crippen molar-refractivity contribution in [3.63, 3.8) is 0 Å². The molecule has 1 aromatic heterocycles. The maximum Gasteiger partial charge on any atom is 0.255 e. The first-order valence-electron chi connectivity index (χ1n) is 12.7. The molecule has 3 aliphatic rings. The quantitative estimate of drug-likeness (QED) is 0.575. The van der Waals surface area contributed by atoms with Crippen LogP contribution in [-0.4, -0.2) is 44.9 Å². The summed E-state index contributed by atoms with van der Waals surface area (Å²) < 4.78 is 0.